The van der Waals surface area contributed by atoms with Crippen LogP contribution in [-0.2, 0) is 9.53 Å². The van der Waals surface area contributed by atoms with Gasteiger partial charge in [-0.2, -0.15) is 0 Å². The number of urea groups is 1. The van der Waals surface area contributed by atoms with Crippen molar-refractivity contribution in [1.29, 1.82) is 0 Å². The Morgan fingerprint density at radius 3 is 2.84 bits per heavy atom. The van der Waals surface area contributed by atoms with Crippen LogP contribution in [0.3, 0.4) is 0 Å². The summed E-state index contributed by atoms with van der Waals surface area (Å²) in [5.41, 5.74) is 0.493. The number of nitrogens with zero attached hydrogens (tertiary/aromatic N) is 1. The number of hydrogen-bond donors (Lipinski definition) is 2. The molecule has 1 atom stereocenters. The lowest BCUT2D eigenvalue weighted by atomic mass is 10.3. The summed E-state index contributed by atoms with van der Waals surface area (Å²) in [6, 6.07) is 6.46. The normalized spacial score (nSPS) is 19.0. The van der Waals surface area contributed by atoms with Crippen molar-refractivity contribution in [1.82, 2.24) is 4.90 Å². The molecule has 2 amide bonds. The fourth-order valence-corrected chi connectivity index (χ4v) is 1.92. The van der Waals surface area contributed by atoms with E-state index in [4.69, 9.17) is 21.4 Å². The molecule has 6 nitrogen and oxygen atoms in total. The van der Waals surface area contributed by atoms with Gasteiger partial charge in [-0.05, 0) is 12.1 Å². The minimum Gasteiger partial charge on any atom is -0.479 e. The average molecular weight is 285 g/mol. The van der Waals surface area contributed by atoms with Crippen LogP contribution in [0.15, 0.2) is 24.3 Å². The number of morpholine rings is 1. The number of amides is 2. The molecule has 1 aromatic carbocycles. The number of benzene rings is 1. The number of ether oxygens (including phenoxy) is 1. The van der Waals surface area contributed by atoms with E-state index in [1.54, 1.807) is 24.3 Å². The van der Waals surface area contributed by atoms with Crippen LogP contribution >= 0.6 is 11.6 Å². The van der Waals surface area contributed by atoms with Crippen molar-refractivity contribution >= 4 is 29.3 Å². The highest BCUT2D eigenvalue weighted by atomic mass is 35.5. The Morgan fingerprint density at radius 2 is 2.16 bits per heavy atom. The number of aliphatic carboxylic acids is 1. The minimum absolute atomic E-state index is 0.0195. The Kier molecular flexibility index (Phi) is 4.24. The Balaban J connectivity index is 2.00. The van der Waals surface area contributed by atoms with Crippen LogP contribution in [0, 0.1) is 0 Å². The van der Waals surface area contributed by atoms with Crippen LogP contribution in [0.4, 0.5) is 10.5 Å². The summed E-state index contributed by atoms with van der Waals surface area (Å²) in [7, 11) is 0. The molecule has 0 spiro atoms. The summed E-state index contributed by atoms with van der Waals surface area (Å²) >= 11 is 5.93. The first kappa shape index (κ1) is 13.6. The van der Waals surface area contributed by atoms with Crippen molar-refractivity contribution in [3.63, 3.8) is 0 Å². The van der Waals surface area contributed by atoms with Gasteiger partial charge in [0.25, 0.3) is 0 Å². The maximum Gasteiger partial charge on any atom is 0.334 e. The van der Waals surface area contributed by atoms with Crippen molar-refractivity contribution in [2.45, 2.75) is 6.10 Å². The zero-order valence-corrected chi connectivity index (χ0v) is 10.8. The predicted octanol–water partition coefficient (Wildman–Crippen LogP) is 1.66. The van der Waals surface area contributed by atoms with Gasteiger partial charge in [-0.3, -0.25) is 0 Å². The second kappa shape index (κ2) is 5.90. The Bertz CT molecular complexity index is 494. The maximum atomic E-state index is 12.0. The molecule has 2 N–H and O–H groups in total. The number of hydrogen-bond acceptors (Lipinski definition) is 3. The van der Waals surface area contributed by atoms with Gasteiger partial charge >= 0.3 is 12.0 Å². The van der Waals surface area contributed by atoms with Crippen molar-refractivity contribution < 1.29 is 19.4 Å². The first-order chi connectivity index (χ1) is 9.08. The number of carboxylic acids is 1. The molecule has 19 heavy (non-hydrogen) atoms. The average Bonchev–Trinajstić information content (AvgIpc) is 2.41. The van der Waals surface area contributed by atoms with Crippen LogP contribution < -0.4 is 5.32 Å². The molecule has 0 saturated carbocycles. The largest absolute Gasteiger partial charge is 0.479 e. The third-order valence-electron chi connectivity index (χ3n) is 2.74. The van der Waals surface area contributed by atoms with Crippen molar-refractivity contribution in [2.24, 2.45) is 0 Å². The number of carbonyl (C=O) groups is 2. The minimum atomic E-state index is -1.07. The number of halogens is 1. The molecule has 0 aromatic heterocycles. The van der Waals surface area contributed by atoms with Gasteiger partial charge in [-0.1, -0.05) is 23.7 Å². The summed E-state index contributed by atoms with van der Waals surface area (Å²) in [6.45, 7) is 0.568. The van der Waals surface area contributed by atoms with Crippen LogP contribution in [0.2, 0.25) is 5.02 Å². The lowest BCUT2D eigenvalue weighted by molar-refractivity contribution is -0.154. The molecule has 1 aromatic rings. The molecule has 1 saturated heterocycles. The fraction of sp³-hybridized carbons (Fsp3) is 0.333. The van der Waals surface area contributed by atoms with Gasteiger partial charge in [0.05, 0.1) is 23.9 Å². The summed E-state index contributed by atoms with van der Waals surface area (Å²) < 4.78 is 5.05. The molecule has 0 bridgehead atoms. The standard InChI is InChI=1S/C12H13ClN2O4/c13-8-3-1-2-4-9(8)14-12(18)15-5-6-19-10(7-15)11(16)17/h1-4,10H,5-7H2,(H,14,18)(H,16,17). The van der Waals surface area contributed by atoms with Crippen molar-refractivity contribution in [2.75, 3.05) is 25.0 Å². The SMILES string of the molecule is O=C(O)C1CN(C(=O)Nc2ccccc2Cl)CCO1. The number of nitrogens with one attached hydrogen (secondary N) is 1. The van der Waals surface area contributed by atoms with E-state index in [1.165, 1.54) is 4.90 Å². The summed E-state index contributed by atoms with van der Waals surface area (Å²) in [5.74, 6) is -1.07. The van der Waals surface area contributed by atoms with E-state index in [-0.39, 0.29) is 19.2 Å². The zero-order chi connectivity index (χ0) is 13.8. The predicted molar refractivity (Wildman–Crippen MR) is 69.4 cm³/mol. The molecule has 1 aliphatic heterocycles. The molecule has 1 fully saturated rings. The highest BCUT2D eigenvalue weighted by molar-refractivity contribution is 6.33. The van der Waals surface area contributed by atoms with Gasteiger partial charge in [0, 0.05) is 6.54 Å². The molecule has 0 aliphatic carbocycles. The fourth-order valence-electron chi connectivity index (χ4n) is 1.74. The molecule has 2 rings (SSSR count). The summed E-state index contributed by atoms with van der Waals surface area (Å²) in [6.07, 6.45) is -0.981. The monoisotopic (exact) mass is 284 g/mol. The topological polar surface area (TPSA) is 78.9 Å². The lowest BCUT2D eigenvalue weighted by Gasteiger charge is -2.30. The van der Waals surface area contributed by atoms with E-state index in [0.717, 1.165) is 0 Å². The number of rotatable bonds is 2. The Labute approximate surface area is 114 Å². The second-order valence-corrected chi connectivity index (χ2v) is 4.46. The lowest BCUT2D eigenvalue weighted by Crippen LogP contribution is -2.49. The van der Waals surface area contributed by atoms with Gasteiger partial charge in [-0.25, -0.2) is 9.59 Å². The molecule has 0 radical (unpaired) electrons. The molecular weight excluding hydrogens is 272 g/mol. The van der Waals surface area contributed by atoms with Gasteiger partial charge in [0.2, 0.25) is 0 Å². The smallest absolute Gasteiger partial charge is 0.334 e. The van der Waals surface area contributed by atoms with Crippen LogP contribution in [0.1, 0.15) is 0 Å². The molecule has 1 unspecified atom stereocenters. The van der Waals surface area contributed by atoms with E-state index in [9.17, 15) is 9.59 Å². The second-order valence-electron chi connectivity index (χ2n) is 4.05. The molecule has 1 heterocycles. The number of carboxylic acid groups (broad SMARTS) is 1. The molecule has 102 valence electrons. The van der Waals surface area contributed by atoms with Gasteiger partial charge in [-0.15, -0.1) is 0 Å². The number of anilines is 1. The van der Waals surface area contributed by atoms with E-state index >= 15 is 0 Å². The highest BCUT2D eigenvalue weighted by Gasteiger charge is 2.29. The van der Waals surface area contributed by atoms with E-state index in [2.05, 4.69) is 5.32 Å². The van der Waals surface area contributed by atoms with Crippen molar-refractivity contribution in [3.8, 4) is 0 Å². The van der Waals surface area contributed by atoms with E-state index < -0.39 is 12.1 Å². The van der Waals surface area contributed by atoms with Gasteiger partial charge < -0.3 is 20.1 Å². The summed E-state index contributed by atoms with van der Waals surface area (Å²) in [5, 5.41) is 11.9. The van der Waals surface area contributed by atoms with E-state index in [1.807, 2.05) is 0 Å². The number of para-hydroxylation sites is 1. The highest BCUT2D eigenvalue weighted by Crippen LogP contribution is 2.21. The van der Waals surface area contributed by atoms with Crippen LogP contribution in [0.25, 0.3) is 0 Å². The molecule has 7 heteroatoms. The van der Waals surface area contributed by atoms with Crippen LogP contribution in [0.5, 0.6) is 0 Å². The van der Waals surface area contributed by atoms with Gasteiger partial charge in [0.1, 0.15) is 0 Å². The first-order valence-corrected chi connectivity index (χ1v) is 6.10. The third-order valence-corrected chi connectivity index (χ3v) is 3.07. The Morgan fingerprint density at radius 1 is 1.42 bits per heavy atom. The Hall–Kier alpha value is -1.79. The molecule has 1 aliphatic rings. The maximum absolute atomic E-state index is 12.0. The zero-order valence-electron chi connectivity index (χ0n) is 10.0. The first-order valence-electron chi connectivity index (χ1n) is 5.73. The third kappa shape index (κ3) is 3.36. The quantitative estimate of drug-likeness (QED) is 0.866. The number of carbonyl (C=O) groups excluding carboxylic acids is 1. The van der Waals surface area contributed by atoms with Crippen LogP contribution in [-0.4, -0.2) is 47.8 Å². The summed E-state index contributed by atoms with van der Waals surface area (Å²) in [4.78, 5) is 24.2. The van der Waals surface area contributed by atoms with E-state index in [0.29, 0.717) is 17.3 Å². The van der Waals surface area contributed by atoms with Crippen molar-refractivity contribution in [3.05, 3.63) is 29.3 Å². The molecular formula is C12H13ClN2O4. The van der Waals surface area contributed by atoms with Gasteiger partial charge in [0.15, 0.2) is 6.10 Å².